The summed E-state index contributed by atoms with van der Waals surface area (Å²) in [6.45, 7) is 0. The molecule has 9 aliphatic carbocycles. The van der Waals surface area contributed by atoms with Crippen LogP contribution in [-0.4, -0.2) is 12.1 Å². The van der Waals surface area contributed by atoms with Crippen LogP contribution in [0, 0.1) is 47.3 Å². The van der Waals surface area contributed by atoms with Crippen LogP contribution in [0.3, 0.4) is 0 Å². The van der Waals surface area contributed by atoms with E-state index in [-0.39, 0.29) is 0 Å². The van der Waals surface area contributed by atoms with Gasteiger partial charge < -0.3 is 5.32 Å². The molecule has 2 atom stereocenters. The Labute approximate surface area is 199 Å². The molecule has 10 bridgehead atoms. The van der Waals surface area contributed by atoms with Gasteiger partial charge in [-0.1, -0.05) is 51.4 Å². The lowest BCUT2D eigenvalue weighted by molar-refractivity contribution is 0.0198. The van der Waals surface area contributed by atoms with Crippen molar-refractivity contribution in [3.63, 3.8) is 0 Å². The van der Waals surface area contributed by atoms with E-state index in [0.717, 1.165) is 12.1 Å². The molecule has 0 amide bonds. The number of fused-ring (bicyclic) bond motifs is 6. The molecule has 0 aromatic carbocycles. The van der Waals surface area contributed by atoms with Crippen molar-refractivity contribution >= 4 is 0 Å². The normalized spacial score (nSPS) is 50.2. The average Bonchev–Trinajstić information content (AvgIpc) is 3.52. The zero-order valence-corrected chi connectivity index (χ0v) is 21.1. The van der Waals surface area contributed by atoms with Crippen molar-refractivity contribution in [1.29, 1.82) is 0 Å². The Bertz CT molecular complexity index is 489. The zero-order chi connectivity index (χ0) is 21.3. The molecule has 1 heteroatoms. The summed E-state index contributed by atoms with van der Waals surface area (Å²) in [5, 5.41) is 3.59. The first-order valence-electron chi connectivity index (χ1n) is 15.5. The van der Waals surface area contributed by atoms with Crippen LogP contribution in [0.2, 0.25) is 0 Å². The first-order chi connectivity index (χ1) is 15.7. The minimum absolute atomic E-state index is 0.911. The maximum absolute atomic E-state index is 3.59. The summed E-state index contributed by atoms with van der Waals surface area (Å²) in [6, 6.07) is 1.82. The summed E-state index contributed by atoms with van der Waals surface area (Å²) in [7, 11) is 0. The Hall–Kier alpha value is -0.0400. The van der Waals surface area contributed by atoms with Gasteiger partial charge >= 0.3 is 0 Å². The summed E-state index contributed by atoms with van der Waals surface area (Å²) in [5.74, 6) is 9.41. The van der Waals surface area contributed by atoms with E-state index in [0.29, 0.717) is 0 Å². The van der Waals surface area contributed by atoms with Gasteiger partial charge in [-0.05, 0) is 131 Å². The van der Waals surface area contributed by atoms with Gasteiger partial charge in [-0.2, -0.15) is 0 Å². The number of hydrogen-bond acceptors (Lipinski definition) is 1. The van der Waals surface area contributed by atoms with Crippen molar-refractivity contribution in [2.45, 2.75) is 147 Å². The lowest BCUT2D eigenvalue weighted by Crippen LogP contribution is -2.38. The molecular weight excluding hydrogens is 386 g/mol. The molecular formula is C31H53N. The van der Waals surface area contributed by atoms with Gasteiger partial charge in [-0.15, -0.1) is 0 Å². The topological polar surface area (TPSA) is 12.0 Å². The molecule has 32 heavy (non-hydrogen) atoms. The molecule has 0 spiro atoms. The summed E-state index contributed by atoms with van der Waals surface area (Å²) < 4.78 is 0. The zero-order valence-electron chi connectivity index (χ0n) is 21.1. The number of nitrogens with one attached hydrogen (secondary N) is 1. The van der Waals surface area contributed by atoms with E-state index in [9.17, 15) is 0 Å². The van der Waals surface area contributed by atoms with Crippen LogP contribution < -0.4 is 5.32 Å². The Morgan fingerprint density at radius 1 is 0.281 bits per heavy atom. The number of rotatable bonds is 0. The van der Waals surface area contributed by atoms with E-state index >= 15 is 0 Å². The fraction of sp³-hybridized carbons (Fsp3) is 1.00. The standard InChI is InChI=1S/C10H16.C7H13N.2C7H12/c1-7-2-9-4-8(1)5-10(3-7)6-9;1-2-6-4-5-7(3-1)8-6;1-2-7-4-3-6(1)5-7;1-2-6-4-7(3-1)5-6/h7-10H,1-6H2;6-8H,1-5H2;2*6-7H,1-5H2. The van der Waals surface area contributed by atoms with E-state index in [2.05, 4.69) is 5.32 Å². The molecule has 182 valence electrons. The Morgan fingerprint density at radius 3 is 0.875 bits per heavy atom. The second-order valence-electron chi connectivity index (χ2n) is 14.2. The highest BCUT2D eigenvalue weighted by atomic mass is 15.0. The molecule has 1 nitrogen and oxygen atoms in total. The van der Waals surface area contributed by atoms with Crippen molar-refractivity contribution in [1.82, 2.24) is 5.32 Å². The molecule has 11 fully saturated rings. The molecule has 0 radical (unpaired) electrons. The third-order valence-electron chi connectivity index (χ3n) is 11.6. The SMILES string of the molecule is C1C2CC3CC1CC(C2)C3.C1CC2CC(C1)C2.C1CC2CCC(C1)N2.C1CC2CCC1C2. The van der Waals surface area contributed by atoms with Crippen LogP contribution in [-0.2, 0) is 0 Å². The van der Waals surface area contributed by atoms with Gasteiger partial charge in [0.15, 0.2) is 0 Å². The molecule has 2 heterocycles. The van der Waals surface area contributed by atoms with E-state index in [1.165, 1.54) is 85.9 Å². The third-order valence-corrected chi connectivity index (χ3v) is 11.6. The second-order valence-corrected chi connectivity index (χ2v) is 14.2. The van der Waals surface area contributed by atoms with E-state index < -0.39 is 0 Å². The molecule has 9 saturated carbocycles. The molecule has 1 N–H and O–H groups in total. The van der Waals surface area contributed by atoms with Gasteiger partial charge in [0.2, 0.25) is 0 Å². The van der Waals surface area contributed by atoms with Crippen LogP contribution in [0.25, 0.3) is 0 Å². The van der Waals surface area contributed by atoms with Crippen LogP contribution in [0.1, 0.15) is 135 Å². The molecule has 2 unspecified atom stereocenters. The number of piperidine rings is 1. The first kappa shape index (κ1) is 22.4. The summed E-state index contributed by atoms with van der Waals surface area (Å²) in [5.41, 5.74) is 0. The quantitative estimate of drug-likeness (QED) is 0.399. The molecule has 2 aliphatic heterocycles. The van der Waals surface area contributed by atoms with Crippen molar-refractivity contribution in [3.8, 4) is 0 Å². The monoisotopic (exact) mass is 439 g/mol. The first-order valence-corrected chi connectivity index (χ1v) is 15.5. The fourth-order valence-electron chi connectivity index (χ4n) is 10.2. The Kier molecular flexibility index (Phi) is 7.21. The van der Waals surface area contributed by atoms with Gasteiger partial charge in [0, 0.05) is 12.1 Å². The predicted octanol–water partition coefficient (Wildman–Crippen LogP) is 8.52. The molecule has 11 rings (SSSR count). The largest absolute Gasteiger partial charge is 0.311 e. The van der Waals surface area contributed by atoms with Crippen molar-refractivity contribution in [2.75, 3.05) is 0 Å². The highest BCUT2D eigenvalue weighted by molar-refractivity contribution is 4.93. The predicted molar refractivity (Wildman–Crippen MR) is 136 cm³/mol. The Morgan fingerprint density at radius 2 is 0.625 bits per heavy atom. The Balaban J connectivity index is 0.0000000825. The maximum Gasteiger partial charge on any atom is 0.00702 e. The minimum atomic E-state index is 0.911. The summed E-state index contributed by atoms with van der Waals surface area (Å²) >= 11 is 0. The fourth-order valence-corrected chi connectivity index (χ4v) is 10.2. The van der Waals surface area contributed by atoms with E-state index in [1.54, 1.807) is 96.3 Å². The van der Waals surface area contributed by atoms with Gasteiger partial charge in [0.05, 0.1) is 0 Å². The van der Waals surface area contributed by atoms with Gasteiger partial charge in [0.25, 0.3) is 0 Å². The summed E-state index contributed by atoms with van der Waals surface area (Å²) in [6.07, 6.45) is 32.5. The van der Waals surface area contributed by atoms with E-state index in [4.69, 9.17) is 0 Å². The second kappa shape index (κ2) is 10.3. The van der Waals surface area contributed by atoms with Crippen molar-refractivity contribution in [3.05, 3.63) is 0 Å². The molecule has 11 aliphatic rings. The van der Waals surface area contributed by atoms with E-state index in [1.807, 2.05) is 0 Å². The van der Waals surface area contributed by atoms with Gasteiger partial charge in [-0.3, -0.25) is 0 Å². The maximum atomic E-state index is 3.59. The molecule has 0 aromatic heterocycles. The average molecular weight is 440 g/mol. The highest BCUT2D eigenvalue weighted by Crippen LogP contribution is 2.53. The molecule has 0 aromatic rings. The molecule has 2 saturated heterocycles. The highest BCUT2D eigenvalue weighted by Gasteiger charge is 2.41. The van der Waals surface area contributed by atoms with Crippen molar-refractivity contribution in [2.24, 2.45) is 47.3 Å². The third kappa shape index (κ3) is 5.60. The van der Waals surface area contributed by atoms with Crippen LogP contribution >= 0.6 is 0 Å². The van der Waals surface area contributed by atoms with Crippen LogP contribution in [0.15, 0.2) is 0 Å². The van der Waals surface area contributed by atoms with Gasteiger partial charge in [-0.25, -0.2) is 0 Å². The lowest BCUT2D eigenvalue weighted by Gasteiger charge is -2.49. The van der Waals surface area contributed by atoms with Gasteiger partial charge in [0.1, 0.15) is 0 Å². The number of hydrogen-bond donors (Lipinski definition) is 1. The minimum Gasteiger partial charge on any atom is -0.311 e. The van der Waals surface area contributed by atoms with Crippen molar-refractivity contribution < 1.29 is 0 Å². The lowest BCUT2D eigenvalue weighted by atomic mass is 9.56. The smallest absolute Gasteiger partial charge is 0.00702 e. The summed E-state index contributed by atoms with van der Waals surface area (Å²) in [4.78, 5) is 0. The van der Waals surface area contributed by atoms with Crippen LogP contribution in [0.5, 0.6) is 0 Å². The van der Waals surface area contributed by atoms with Crippen LogP contribution in [0.4, 0.5) is 0 Å².